The molecular formula is C15H18N2O6. The maximum atomic E-state index is 12.1. The molecule has 1 aromatic rings. The van der Waals surface area contributed by atoms with E-state index in [-0.39, 0.29) is 24.5 Å². The van der Waals surface area contributed by atoms with Gasteiger partial charge in [-0.15, -0.1) is 6.58 Å². The number of benzene rings is 1. The number of aryl methyl sites for hydroxylation is 1. The predicted octanol–water partition coefficient (Wildman–Crippen LogP) is 1.54. The van der Waals surface area contributed by atoms with Gasteiger partial charge in [0.25, 0.3) is 11.6 Å². The highest BCUT2D eigenvalue weighted by Crippen LogP contribution is 2.20. The van der Waals surface area contributed by atoms with Crippen molar-refractivity contribution in [3.05, 3.63) is 52.1 Å². The number of ether oxygens (including phenoxy) is 1. The van der Waals surface area contributed by atoms with Crippen LogP contribution in [0.15, 0.2) is 30.9 Å². The van der Waals surface area contributed by atoms with E-state index < -0.39 is 22.8 Å². The van der Waals surface area contributed by atoms with Crippen molar-refractivity contribution in [1.29, 1.82) is 0 Å². The SMILES string of the molecule is C=CCOCC(NC(=O)c1ccc(CC)c([N+](=O)[O-])c1)C(=O)O. The highest BCUT2D eigenvalue weighted by Gasteiger charge is 2.22. The van der Waals surface area contributed by atoms with Gasteiger partial charge in [0.2, 0.25) is 0 Å². The molecule has 2 N–H and O–H groups in total. The van der Waals surface area contributed by atoms with E-state index in [1.807, 2.05) is 0 Å². The Kier molecular flexibility index (Phi) is 6.88. The quantitative estimate of drug-likeness (QED) is 0.308. The molecule has 0 spiro atoms. The summed E-state index contributed by atoms with van der Waals surface area (Å²) in [5, 5.41) is 22.4. The van der Waals surface area contributed by atoms with Gasteiger partial charge in [0.15, 0.2) is 6.04 Å². The minimum atomic E-state index is -1.26. The Morgan fingerprint density at radius 2 is 2.22 bits per heavy atom. The van der Waals surface area contributed by atoms with E-state index >= 15 is 0 Å². The summed E-state index contributed by atoms with van der Waals surface area (Å²) in [6, 6.07) is 2.78. The molecule has 23 heavy (non-hydrogen) atoms. The lowest BCUT2D eigenvalue weighted by Crippen LogP contribution is -2.44. The van der Waals surface area contributed by atoms with E-state index in [2.05, 4.69) is 11.9 Å². The highest BCUT2D eigenvalue weighted by molar-refractivity contribution is 5.97. The Hall–Kier alpha value is -2.74. The number of nitrogens with zero attached hydrogens (tertiary/aromatic N) is 1. The fourth-order valence-electron chi connectivity index (χ4n) is 1.86. The minimum Gasteiger partial charge on any atom is -0.480 e. The number of rotatable bonds is 9. The molecule has 0 heterocycles. The molecule has 1 rings (SSSR count). The summed E-state index contributed by atoms with van der Waals surface area (Å²) in [7, 11) is 0. The third-order valence-electron chi connectivity index (χ3n) is 3.05. The zero-order valence-corrected chi connectivity index (χ0v) is 12.7. The van der Waals surface area contributed by atoms with Crippen molar-refractivity contribution in [3.8, 4) is 0 Å². The van der Waals surface area contributed by atoms with Gasteiger partial charge >= 0.3 is 5.97 Å². The van der Waals surface area contributed by atoms with Gasteiger partial charge in [0, 0.05) is 17.2 Å². The lowest BCUT2D eigenvalue weighted by molar-refractivity contribution is -0.385. The van der Waals surface area contributed by atoms with Crippen LogP contribution in [0.1, 0.15) is 22.8 Å². The van der Waals surface area contributed by atoms with Crippen LogP contribution in [-0.4, -0.2) is 41.2 Å². The second kappa shape index (κ2) is 8.64. The van der Waals surface area contributed by atoms with Crippen molar-refractivity contribution < 1.29 is 24.4 Å². The zero-order valence-electron chi connectivity index (χ0n) is 12.7. The van der Waals surface area contributed by atoms with E-state index in [0.717, 1.165) is 6.07 Å². The van der Waals surface area contributed by atoms with Gasteiger partial charge in [-0.25, -0.2) is 4.79 Å². The molecule has 8 heteroatoms. The second-order valence-corrected chi connectivity index (χ2v) is 4.64. The van der Waals surface area contributed by atoms with E-state index in [1.165, 1.54) is 18.2 Å². The number of hydrogen-bond acceptors (Lipinski definition) is 5. The molecule has 0 radical (unpaired) electrons. The van der Waals surface area contributed by atoms with E-state index in [0.29, 0.717) is 12.0 Å². The van der Waals surface area contributed by atoms with Crippen molar-refractivity contribution in [2.24, 2.45) is 0 Å². The molecule has 0 aliphatic carbocycles. The number of carboxylic acids is 1. The average Bonchev–Trinajstić information content (AvgIpc) is 2.52. The van der Waals surface area contributed by atoms with Gasteiger partial charge in [-0.1, -0.05) is 19.1 Å². The number of nitro groups is 1. The van der Waals surface area contributed by atoms with Crippen LogP contribution in [0.25, 0.3) is 0 Å². The molecular weight excluding hydrogens is 304 g/mol. The Bertz CT molecular complexity index is 614. The molecule has 1 atom stereocenters. The molecule has 1 amide bonds. The third kappa shape index (κ3) is 5.19. The predicted molar refractivity (Wildman–Crippen MR) is 82.4 cm³/mol. The van der Waals surface area contributed by atoms with Crippen LogP contribution in [0.5, 0.6) is 0 Å². The number of hydrogen-bond donors (Lipinski definition) is 2. The number of carbonyl (C=O) groups is 2. The Morgan fingerprint density at radius 1 is 1.52 bits per heavy atom. The molecule has 0 saturated heterocycles. The van der Waals surface area contributed by atoms with Gasteiger partial charge in [-0.3, -0.25) is 14.9 Å². The zero-order chi connectivity index (χ0) is 17.4. The van der Waals surface area contributed by atoms with Crippen LogP contribution in [-0.2, 0) is 16.0 Å². The van der Waals surface area contributed by atoms with E-state index in [4.69, 9.17) is 9.84 Å². The maximum Gasteiger partial charge on any atom is 0.328 e. The number of carboxylic acid groups (broad SMARTS) is 1. The molecule has 0 bridgehead atoms. The largest absolute Gasteiger partial charge is 0.480 e. The minimum absolute atomic E-state index is 0.0175. The van der Waals surface area contributed by atoms with Crippen molar-refractivity contribution in [2.75, 3.05) is 13.2 Å². The van der Waals surface area contributed by atoms with Gasteiger partial charge in [0.1, 0.15) is 0 Å². The van der Waals surface area contributed by atoms with Crippen LogP contribution in [0.4, 0.5) is 5.69 Å². The van der Waals surface area contributed by atoms with E-state index in [1.54, 1.807) is 6.92 Å². The van der Waals surface area contributed by atoms with Crippen LogP contribution in [0.3, 0.4) is 0 Å². The smallest absolute Gasteiger partial charge is 0.328 e. The number of aliphatic carboxylic acids is 1. The van der Waals surface area contributed by atoms with Crippen LogP contribution >= 0.6 is 0 Å². The van der Waals surface area contributed by atoms with Crippen molar-refractivity contribution in [3.63, 3.8) is 0 Å². The molecule has 8 nitrogen and oxygen atoms in total. The molecule has 0 aromatic heterocycles. The molecule has 0 aliphatic heterocycles. The van der Waals surface area contributed by atoms with E-state index in [9.17, 15) is 19.7 Å². The number of amides is 1. The molecule has 0 aliphatic rings. The van der Waals surface area contributed by atoms with Crippen molar-refractivity contribution in [1.82, 2.24) is 5.32 Å². The maximum absolute atomic E-state index is 12.1. The average molecular weight is 322 g/mol. The summed E-state index contributed by atoms with van der Waals surface area (Å²) in [6.07, 6.45) is 1.90. The lowest BCUT2D eigenvalue weighted by Gasteiger charge is -2.14. The summed E-state index contributed by atoms with van der Waals surface area (Å²) < 4.78 is 5.02. The molecule has 0 fully saturated rings. The van der Waals surface area contributed by atoms with Crippen molar-refractivity contribution in [2.45, 2.75) is 19.4 Å². The number of nitro benzene ring substituents is 1. The first-order chi connectivity index (χ1) is 10.9. The highest BCUT2D eigenvalue weighted by atomic mass is 16.6. The first-order valence-electron chi connectivity index (χ1n) is 6.90. The first-order valence-corrected chi connectivity index (χ1v) is 6.90. The van der Waals surface area contributed by atoms with Gasteiger partial charge in [0.05, 0.1) is 18.1 Å². The summed E-state index contributed by atoms with van der Waals surface area (Å²) in [4.78, 5) is 33.6. The number of carbonyl (C=O) groups excluding carboxylic acids is 1. The van der Waals surface area contributed by atoms with Gasteiger partial charge < -0.3 is 15.2 Å². The third-order valence-corrected chi connectivity index (χ3v) is 3.05. The topological polar surface area (TPSA) is 119 Å². The second-order valence-electron chi connectivity index (χ2n) is 4.64. The Balaban J connectivity index is 2.90. The van der Waals surface area contributed by atoms with Crippen LogP contribution < -0.4 is 5.32 Å². The summed E-state index contributed by atoms with van der Waals surface area (Å²) in [5.74, 6) is -1.98. The molecule has 124 valence electrons. The normalized spacial score (nSPS) is 11.5. The first kappa shape index (κ1) is 18.3. The van der Waals surface area contributed by atoms with Gasteiger partial charge in [-0.05, 0) is 12.5 Å². The molecule has 0 saturated carbocycles. The van der Waals surface area contributed by atoms with Gasteiger partial charge in [-0.2, -0.15) is 0 Å². The summed E-state index contributed by atoms with van der Waals surface area (Å²) in [5.41, 5.74) is 0.342. The van der Waals surface area contributed by atoms with Crippen molar-refractivity contribution >= 4 is 17.6 Å². The fourth-order valence-corrected chi connectivity index (χ4v) is 1.86. The van der Waals surface area contributed by atoms with Crippen LogP contribution in [0, 0.1) is 10.1 Å². The molecule has 1 aromatic carbocycles. The monoisotopic (exact) mass is 322 g/mol. The Morgan fingerprint density at radius 3 is 2.74 bits per heavy atom. The standard InChI is InChI=1S/C15H18N2O6/c1-3-7-23-9-12(15(19)20)16-14(18)11-6-5-10(4-2)13(8-11)17(21)22/h3,5-6,8,12H,1,4,7,9H2,2H3,(H,16,18)(H,19,20). The lowest BCUT2D eigenvalue weighted by atomic mass is 10.1. The Labute approximate surface area is 132 Å². The van der Waals surface area contributed by atoms with Crippen LogP contribution in [0.2, 0.25) is 0 Å². The summed E-state index contributed by atoms with van der Waals surface area (Å²) >= 11 is 0. The molecule has 1 unspecified atom stereocenters. The summed E-state index contributed by atoms with van der Waals surface area (Å²) in [6.45, 7) is 5.11. The fraction of sp³-hybridized carbons (Fsp3) is 0.333. The number of nitrogens with one attached hydrogen (secondary N) is 1.